The highest BCUT2D eigenvalue weighted by atomic mass is 16.5. The van der Waals surface area contributed by atoms with E-state index in [1.165, 1.54) is 0 Å². The van der Waals surface area contributed by atoms with Gasteiger partial charge in [-0.3, -0.25) is 0 Å². The van der Waals surface area contributed by atoms with Gasteiger partial charge in [-0.05, 0) is 32.1 Å². The van der Waals surface area contributed by atoms with Gasteiger partial charge in [0, 0.05) is 0 Å². The van der Waals surface area contributed by atoms with Crippen LogP contribution >= 0.6 is 0 Å². The highest BCUT2D eigenvalue weighted by Gasteiger charge is 1.90. The van der Waals surface area contributed by atoms with Gasteiger partial charge >= 0.3 is 0 Å². The van der Waals surface area contributed by atoms with Crippen LogP contribution in [0.15, 0.2) is 42.2 Å². The third-order valence-electron chi connectivity index (χ3n) is 1.31. The Labute approximate surface area is 67.3 Å². The van der Waals surface area contributed by atoms with Crippen LogP contribution in [0.25, 0.3) is 0 Å². The van der Waals surface area contributed by atoms with Crippen molar-refractivity contribution in [1.29, 1.82) is 0 Å². The lowest BCUT2D eigenvalue weighted by Gasteiger charge is -2.03. The van der Waals surface area contributed by atoms with Gasteiger partial charge in [0.25, 0.3) is 0 Å². The van der Waals surface area contributed by atoms with Crippen molar-refractivity contribution in [1.82, 2.24) is 0 Å². The van der Waals surface area contributed by atoms with E-state index in [4.69, 9.17) is 4.74 Å². The predicted octanol–water partition coefficient (Wildman–Crippen LogP) is 2.80. The Morgan fingerprint density at radius 2 is 2.00 bits per heavy atom. The molecule has 0 spiro atoms. The quantitative estimate of drug-likeness (QED) is 0.584. The summed E-state index contributed by atoms with van der Waals surface area (Å²) in [4.78, 5) is 0. The minimum Gasteiger partial charge on any atom is -0.462 e. The van der Waals surface area contributed by atoms with Crippen molar-refractivity contribution in [2.75, 3.05) is 0 Å². The van der Waals surface area contributed by atoms with Crippen LogP contribution in [-0.2, 0) is 0 Å². The second-order valence-corrected chi connectivity index (χ2v) is 2.23. The lowest BCUT2D eigenvalue weighted by atomic mass is 10.3. The Morgan fingerprint density at radius 1 is 1.36 bits per heavy atom. The lowest BCUT2D eigenvalue weighted by molar-refractivity contribution is 0.428. The molecule has 0 unspecified atom stereocenters. The molecule has 1 radical (unpaired) electrons. The highest BCUT2D eigenvalue weighted by molar-refractivity contribution is 5.23. The zero-order valence-corrected chi connectivity index (χ0v) is 6.58. The van der Waals surface area contributed by atoms with Gasteiger partial charge in [0.1, 0.15) is 5.75 Å². The zero-order valence-electron chi connectivity index (χ0n) is 6.58. The molecule has 1 nitrogen and oxygen atoms in total. The molecule has 0 aliphatic rings. The van der Waals surface area contributed by atoms with Crippen LogP contribution in [0.2, 0.25) is 0 Å². The molecule has 0 saturated heterocycles. The van der Waals surface area contributed by atoms with Crippen LogP contribution in [0.3, 0.4) is 0 Å². The van der Waals surface area contributed by atoms with Crippen molar-refractivity contribution in [3.8, 4) is 5.75 Å². The van der Waals surface area contributed by atoms with Gasteiger partial charge in [-0.2, -0.15) is 0 Å². The van der Waals surface area contributed by atoms with Gasteiger partial charge in [-0.15, -0.1) is 0 Å². The Kier molecular flexibility index (Phi) is 2.73. The third kappa shape index (κ3) is 2.46. The number of rotatable bonds is 2. The summed E-state index contributed by atoms with van der Waals surface area (Å²) in [6.45, 7) is 5.47. The smallest absolute Gasteiger partial charge is 0.126 e. The predicted molar refractivity (Wildman–Crippen MR) is 46.2 cm³/mol. The lowest BCUT2D eigenvalue weighted by Crippen LogP contribution is -1.88. The average Bonchev–Trinajstić information content (AvgIpc) is 2.06. The van der Waals surface area contributed by atoms with Crippen molar-refractivity contribution in [2.24, 2.45) is 0 Å². The van der Waals surface area contributed by atoms with Gasteiger partial charge in [0.15, 0.2) is 0 Å². The molecule has 0 fully saturated rings. The van der Waals surface area contributed by atoms with E-state index < -0.39 is 0 Å². The fraction of sp³-hybridized carbons (Fsp3) is 0.100. The van der Waals surface area contributed by atoms with Gasteiger partial charge < -0.3 is 4.74 Å². The summed E-state index contributed by atoms with van der Waals surface area (Å²) in [5.41, 5.74) is 0. The van der Waals surface area contributed by atoms with Crippen LogP contribution in [0.1, 0.15) is 6.92 Å². The second kappa shape index (κ2) is 3.81. The SMILES string of the molecule is [CH2]C=C(C)Oc1ccccc1. The molecule has 1 aromatic carbocycles. The molecule has 0 aliphatic heterocycles. The molecule has 0 N–H and O–H groups in total. The number of allylic oxidation sites excluding steroid dienone is 2. The monoisotopic (exact) mass is 147 g/mol. The fourth-order valence-electron chi connectivity index (χ4n) is 0.716. The summed E-state index contributed by atoms with van der Waals surface area (Å²) in [6, 6.07) is 9.65. The molecule has 1 rings (SSSR count). The molecule has 11 heavy (non-hydrogen) atoms. The molecule has 0 atom stereocenters. The van der Waals surface area contributed by atoms with Crippen LogP contribution in [0.4, 0.5) is 0 Å². The van der Waals surface area contributed by atoms with E-state index >= 15 is 0 Å². The van der Waals surface area contributed by atoms with Crippen molar-refractivity contribution < 1.29 is 4.74 Å². The van der Waals surface area contributed by atoms with E-state index in [0.717, 1.165) is 11.5 Å². The molecule has 0 aliphatic carbocycles. The number of ether oxygens (including phenoxy) is 1. The van der Waals surface area contributed by atoms with Crippen LogP contribution in [0.5, 0.6) is 5.75 Å². The van der Waals surface area contributed by atoms with E-state index in [9.17, 15) is 0 Å². The number of benzene rings is 1. The van der Waals surface area contributed by atoms with Gasteiger partial charge in [-0.1, -0.05) is 18.2 Å². The number of hydrogen-bond donors (Lipinski definition) is 0. The molecule has 57 valence electrons. The molecule has 1 heteroatoms. The van der Waals surface area contributed by atoms with E-state index in [1.54, 1.807) is 6.08 Å². The third-order valence-corrected chi connectivity index (χ3v) is 1.31. The summed E-state index contributed by atoms with van der Waals surface area (Å²) in [6.07, 6.45) is 1.69. The molecular weight excluding hydrogens is 136 g/mol. The van der Waals surface area contributed by atoms with E-state index in [1.807, 2.05) is 37.3 Å². The van der Waals surface area contributed by atoms with Crippen LogP contribution < -0.4 is 4.74 Å². The maximum atomic E-state index is 5.36. The largest absolute Gasteiger partial charge is 0.462 e. The highest BCUT2D eigenvalue weighted by Crippen LogP contribution is 2.11. The molecular formula is C10H11O. The number of para-hydroxylation sites is 1. The standard InChI is InChI=1S/C10H11O/c1-3-9(2)11-10-7-5-4-6-8-10/h3-8H,1H2,2H3. The average molecular weight is 147 g/mol. The van der Waals surface area contributed by atoms with E-state index in [0.29, 0.717) is 0 Å². The first-order valence-corrected chi connectivity index (χ1v) is 3.52. The minimum atomic E-state index is 0.816. The van der Waals surface area contributed by atoms with Crippen molar-refractivity contribution in [2.45, 2.75) is 6.92 Å². The van der Waals surface area contributed by atoms with Crippen molar-refractivity contribution >= 4 is 0 Å². The molecule has 0 saturated carbocycles. The summed E-state index contributed by atoms with van der Waals surface area (Å²) < 4.78 is 5.36. The van der Waals surface area contributed by atoms with E-state index in [-0.39, 0.29) is 0 Å². The minimum absolute atomic E-state index is 0.816. The van der Waals surface area contributed by atoms with Gasteiger partial charge in [-0.25, -0.2) is 0 Å². The first-order chi connectivity index (χ1) is 5.33. The fourth-order valence-corrected chi connectivity index (χ4v) is 0.716. The second-order valence-electron chi connectivity index (χ2n) is 2.23. The van der Waals surface area contributed by atoms with Gasteiger partial charge in [0.05, 0.1) is 5.76 Å². The van der Waals surface area contributed by atoms with E-state index in [2.05, 4.69) is 6.92 Å². The summed E-state index contributed by atoms with van der Waals surface area (Å²) in [5.74, 6) is 1.67. The Morgan fingerprint density at radius 3 is 2.55 bits per heavy atom. The zero-order chi connectivity index (χ0) is 8.10. The number of hydrogen-bond acceptors (Lipinski definition) is 1. The molecule has 0 amide bonds. The van der Waals surface area contributed by atoms with Crippen LogP contribution in [-0.4, -0.2) is 0 Å². The van der Waals surface area contributed by atoms with Crippen molar-refractivity contribution in [3.05, 3.63) is 49.1 Å². The maximum Gasteiger partial charge on any atom is 0.126 e. The molecule has 1 aromatic rings. The summed E-state index contributed by atoms with van der Waals surface area (Å²) in [7, 11) is 0. The normalized spacial score (nSPS) is 11.3. The molecule has 0 bridgehead atoms. The molecule has 0 heterocycles. The summed E-state index contributed by atoms with van der Waals surface area (Å²) >= 11 is 0. The van der Waals surface area contributed by atoms with Crippen LogP contribution in [0, 0.1) is 6.92 Å². The van der Waals surface area contributed by atoms with Gasteiger partial charge in [0.2, 0.25) is 0 Å². The Balaban J connectivity index is 2.65. The summed E-state index contributed by atoms with van der Waals surface area (Å²) in [5, 5.41) is 0. The molecule has 0 aromatic heterocycles. The van der Waals surface area contributed by atoms with Crippen molar-refractivity contribution in [3.63, 3.8) is 0 Å². The first kappa shape index (κ1) is 7.86. The topological polar surface area (TPSA) is 9.23 Å². The Hall–Kier alpha value is -1.24. The first-order valence-electron chi connectivity index (χ1n) is 3.52. The maximum absolute atomic E-state index is 5.36. The Bertz CT molecular complexity index is 236.